The molecule has 0 saturated heterocycles. The summed E-state index contributed by atoms with van der Waals surface area (Å²) >= 11 is 0. The first-order valence-corrected chi connectivity index (χ1v) is 14.2. The summed E-state index contributed by atoms with van der Waals surface area (Å²) in [5, 5.41) is 8.41. The van der Waals surface area contributed by atoms with Crippen LogP contribution in [0.1, 0.15) is 5.56 Å². The van der Waals surface area contributed by atoms with Crippen LogP contribution in [0.25, 0.3) is 0 Å². The number of azo groups is 1. The zero-order valence-corrected chi connectivity index (χ0v) is 22.3. The molecule has 0 spiro atoms. The SMILES string of the molecule is CN(C)Cc1ccc(OS(=O)(=O)c2ccccc2)c(N=Nc2ccccc2OS(=O)(=O)c2ccccc2)c1. The summed E-state index contributed by atoms with van der Waals surface area (Å²) < 4.78 is 61.9. The minimum Gasteiger partial charge on any atom is -0.377 e. The third-order valence-electron chi connectivity index (χ3n) is 5.12. The lowest BCUT2D eigenvalue weighted by Gasteiger charge is -2.13. The average molecular weight is 552 g/mol. The van der Waals surface area contributed by atoms with Crippen molar-refractivity contribution in [2.24, 2.45) is 10.2 Å². The summed E-state index contributed by atoms with van der Waals surface area (Å²) in [4.78, 5) is 1.92. The fourth-order valence-electron chi connectivity index (χ4n) is 3.40. The Hall–Kier alpha value is -4.06. The molecule has 4 aromatic rings. The number of nitrogens with zero attached hydrogens (tertiary/aromatic N) is 3. The Kier molecular flexibility index (Phi) is 8.20. The largest absolute Gasteiger partial charge is 0.377 e. The summed E-state index contributed by atoms with van der Waals surface area (Å²) in [6.07, 6.45) is 0. The van der Waals surface area contributed by atoms with Crippen LogP contribution in [-0.4, -0.2) is 35.8 Å². The second-order valence-electron chi connectivity index (χ2n) is 8.41. The van der Waals surface area contributed by atoms with Gasteiger partial charge in [0.1, 0.15) is 21.2 Å². The summed E-state index contributed by atoms with van der Waals surface area (Å²) in [5.74, 6) is -0.0701. The highest BCUT2D eigenvalue weighted by Gasteiger charge is 2.20. The quantitative estimate of drug-likeness (QED) is 0.183. The summed E-state index contributed by atoms with van der Waals surface area (Å²) in [6, 6.07) is 26.6. The third kappa shape index (κ3) is 6.82. The molecule has 0 unspecified atom stereocenters. The Morgan fingerprint density at radius 3 is 1.63 bits per heavy atom. The minimum atomic E-state index is -4.13. The highest BCUT2D eigenvalue weighted by Crippen LogP contribution is 2.36. The Morgan fingerprint density at radius 1 is 0.605 bits per heavy atom. The van der Waals surface area contributed by atoms with Crippen LogP contribution in [0.15, 0.2) is 123 Å². The highest BCUT2D eigenvalue weighted by molar-refractivity contribution is 7.87. The zero-order valence-electron chi connectivity index (χ0n) is 20.6. The fraction of sp³-hybridized carbons (Fsp3) is 0.111. The number of hydrogen-bond acceptors (Lipinski definition) is 9. The molecule has 0 bridgehead atoms. The smallest absolute Gasteiger partial charge is 0.339 e. The third-order valence-corrected chi connectivity index (χ3v) is 7.61. The molecule has 0 aliphatic carbocycles. The van der Waals surface area contributed by atoms with Gasteiger partial charge in [-0.05, 0) is 68.2 Å². The molecule has 38 heavy (non-hydrogen) atoms. The van der Waals surface area contributed by atoms with Gasteiger partial charge in [-0.3, -0.25) is 0 Å². The van der Waals surface area contributed by atoms with Gasteiger partial charge in [0.25, 0.3) is 0 Å². The van der Waals surface area contributed by atoms with E-state index in [2.05, 4.69) is 10.2 Å². The first-order valence-electron chi connectivity index (χ1n) is 11.4. The standard InChI is InChI=1S/C27H25N3O6S2/c1-30(2)20-21-17-18-27(36-38(33,34)23-13-7-4-8-14-23)25(19-21)29-28-24-15-9-10-16-26(24)35-37(31,32)22-11-5-3-6-12-22/h3-19H,20H2,1-2H3. The summed E-state index contributed by atoms with van der Waals surface area (Å²) in [5.41, 5.74) is 1.11. The van der Waals surface area contributed by atoms with Crippen molar-refractivity contribution in [2.45, 2.75) is 16.3 Å². The monoisotopic (exact) mass is 551 g/mol. The van der Waals surface area contributed by atoms with Crippen molar-refractivity contribution in [3.63, 3.8) is 0 Å². The predicted molar refractivity (Wildman–Crippen MR) is 143 cm³/mol. The van der Waals surface area contributed by atoms with E-state index in [1.54, 1.807) is 60.7 Å². The molecule has 0 aliphatic rings. The molecule has 0 aliphatic heterocycles. The molecule has 9 nitrogen and oxygen atoms in total. The number of hydrogen-bond donors (Lipinski definition) is 0. The molecule has 196 valence electrons. The van der Waals surface area contributed by atoms with Crippen molar-refractivity contribution in [1.29, 1.82) is 0 Å². The van der Waals surface area contributed by atoms with Gasteiger partial charge >= 0.3 is 20.2 Å². The van der Waals surface area contributed by atoms with E-state index in [0.29, 0.717) is 6.54 Å². The van der Waals surface area contributed by atoms with Gasteiger partial charge in [-0.25, -0.2) is 0 Å². The van der Waals surface area contributed by atoms with Crippen LogP contribution in [0.4, 0.5) is 11.4 Å². The van der Waals surface area contributed by atoms with Gasteiger partial charge in [0, 0.05) is 6.54 Å². The van der Waals surface area contributed by atoms with Crippen LogP contribution in [0.2, 0.25) is 0 Å². The van der Waals surface area contributed by atoms with E-state index in [9.17, 15) is 16.8 Å². The molecule has 4 aromatic carbocycles. The Balaban J connectivity index is 1.69. The van der Waals surface area contributed by atoms with E-state index < -0.39 is 20.2 Å². The Morgan fingerprint density at radius 2 is 1.08 bits per heavy atom. The normalized spacial score (nSPS) is 12.1. The average Bonchev–Trinajstić information content (AvgIpc) is 2.90. The van der Waals surface area contributed by atoms with Gasteiger partial charge in [0.05, 0.1) is 0 Å². The van der Waals surface area contributed by atoms with E-state index in [1.807, 2.05) is 19.0 Å². The maximum atomic E-state index is 12.8. The van der Waals surface area contributed by atoms with E-state index in [4.69, 9.17) is 8.37 Å². The van der Waals surface area contributed by atoms with Gasteiger partial charge in [0.15, 0.2) is 11.5 Å². The van der Waals surface area contributed by atoms with E-state index in [0.717, 1.165) is 5.56 Å². The first-order chi connectivity index (χ1) is 18.1. The summed E-state index contributed by atoms with van der Waals surface area (Å²) in [7, 11) is -4.46. The number of para-hydroxylation sites is 1. The molecular weight excluding hydrogens is 526 g/mol. The van der Waals surface area contributed by atoms with Crippen LogP contribution in [0.3, 0.4) is 0 Å². The van der Waals surface area contributed by atoms with E-state index >= 15 is 0 Å². The molecule has 0 N–H and O–H groups in total. The maximum absolute atomic E-state index is 12.8. The van der Waals surface area contributed by atoms with Crippen molar-refractivity contribution in [3.05, 3.63) is 109 Å². The van der Waals surface area contributed by atoms with Crippen LogP contribution in [0, 0.1) is 0 Å². The topological polar surface area (TPSA) is 115 Å². The van der Waals surface area contributed by atoms with Crippen LogP contribution in [-0.2, 0) is 26.8 Å². The lowest BCUT2D eigenvalue weighted by molar-refractivity contribution is 0.402. The lowest BCUT2D eigenvalue weighted by atomic mass is 10.2. The van der Waals surface area contributed by atoms with Crippen LogP contribution in [0.5, 0.6) is 11.5 Å². The lowest BCUT2D eigenvalue weighted by Crippen LogP contribution is -2.11. The van der Waals surface area contributed by atoms with Crippen molar-refractivity contribution in [3.8, 4) is 11.5 Å². The number of rotatable bonds is 10. The van der Waals surface area contributed by atoms with Gasteiger partial charge in [-0.1, -0.05) is 54.6 Å². The second kappa shape index (κ2) is 11.5. The van der Waals surface area contributed by atoms with Crippen molar-refractivity contribution >= 4 is 31.6 Å². The van der Waals surface area contributed by atoms with Crippen LogP contribution >= 0.6 is 0 Å². The molecular formula is C27H25N3O6S2. The fourth-order valence-corrected chi connectivity index (χ4v) is 5.33. The molecule has 0 atom stereocenters. The molecule has 0 amide bonds. The first kappa shape index (κ1) is 27.0. The number of benzene rings is 4. The summed E-state index contributed by atoms with van der Waals surface area (Å²) in [6.45, 7) is 0.559. The molecule has 0 fully saturated rings. The second-order valence-corrected chi connectivity index (χ2v) is 11.5. The van der Waals surface area contributed by atoms with E-state index in [-0.39, 0.29) is 32.7 Å². The van der Waals surface area contributed by atoms with Gasteiger partial charge in [-0.2, -0.15) is 16.8 Å². The molecule has 4 rings (SSSR count). The molecule has 0 aromatic heterocycles. The molecule has 0 saturated carbocycles. The van der Waals surface area contributed by atoms with Crippen LogP contribution < -0.4 is 8.37 Å². The van der Waals surface area contributed by atoms with Crippen molar-refractivity contribution < 1.29 is 25.2 Å². The Labute approximate surface area is 222 Å². The van der Waals surface area contributed by atoms with E-state index in [1.165, 1.54) is 42.5 Å². The van der Waals surface area contributed by atoms with Crippen molar-refractivity contribution in [1.82, 2.24) is 4.90 Å². The Bertz CT molecular complexity index is 1640. The molecule has 0 heterocycles. The van der Waals surface area contributed by atoms with Gasteiger partial charge in [0.2, 0.25) is 0 Å². The molecule has 11 heteroatoms. The highest BCUT2D eigenvalue weighted by atomic mass is 32.2. The van der Waals surface area contributed by atoms with Crippen molar-refractivity contribution in [2.75, 3.05) is 14.1 Å². The van der Waals surface area contributed by atoms with Gasteiger partial charge in [-0.15, -0.1) is 10.2 Å². The van der Waals surface area contributed by atoms with Gasteiger partial charge < -0.3 is 13.3 Å². The molecule has 0 radical (unpaired) electrons. The maximum Gasteiger partial charge on any atom is 0.339 e. The predicted octanol–water partition coefficient (Wildman–Crippen LogP) is 5.70. The zero-order chi connectivity index (χ0) is 27.2. The minimum absolute atomic E-state index is 0.00915.